The van der Waals surface area contributed by atoms with Crippen molar-refractivity contribution in [2.75, 3.05) is 11.4 Å². The molecule has 4 rings (SSSR count). The number of nitrogens with zero attached hydrogens (tertiary/aromatic N) is 2. The molecule has 124 valence electrons. The van der Waals surface area contributed by atoms with Crippen LogP contribution in [0.4, 0.5) is 5.69 Å². The standard InChI is InChI=1S/C20H16N2O3/c23-19-6-3-13-22(19)15-8-10-16(11-9-15)25-20(24)18-12-7-14-4-1-2-5-17(14)21-18/h1-2,4-5,7-12H,3,6,13H2. The van der Waals surface area contributed by atoms with Crippen LogP contribution >= 0.6 is 0 Å². The molecule has 1 aliphatic rings. The molecule has 0 atom stereocenters. The van der Waals surface area contributed by atoms with E-state index >= 15 is 0 Å². The summed E-state index contributed by atoms with van der Waals surface area (Å²) in [5.74, 6) is 0.0521. The molecule has 1 aromatic heterocycles. The number of amides is 1. The summed E-state index contributed by atoms with van der Waals surface area (Å²) in [6, 6.07) is 18.1. The minimum Gasteiger partial charge on any atom is -0.422 e. The quantitative estimate of drug-likeness (QED) is 0.543. The van der Waals surface area contributed by atoms with Crippen LogP contribution < -0.4 is 9.64 Å². The SMILES string of the molecule is O=C(Oc1ccc(N2CCCC2=O)cc1)c1ccc2ccccc2n1. The van der Waals surface area contributed by atoms with Gasteiger partial charge in [-0.15, -0.1) is 0 Å². The average molecular weight is 332 g/mol. The number of esters is 1. The highest BCUT2D eigenvalue weighted by atomic mass is 16.5. The molecule has 1 aliphatic heterocycles. The van der Waals surface area contributed by atoms with Crippen LogP contribution in [0.3, 0.4) is 0 Å². The topological polar surface area (TPSA) is 59.5 Å². The molecule has 0 saturated carbocycles. The number of fused-ring (bicyclic) bond motifs is 1. The first kappa shape index (κ1) is 15.3. The molecule has 3 aromatic rings. The molecular weight excluding hydrogens is 316 g/mol. The number of carbonyl (C=O) groups excluding carboxylic acids is 2. The van der Waals surface area contributed by atoms with E-state index in [9.17, 15) is 9.59 Å². The van der Waals surface area contributed by atoms with Crippen molar-refractivity contribution in [2.45, 2.75) is 12.8 Å². The molecule has 1 amide bonds. The van der Waals surface area contributed by atoms with Crippen LogP contribution in [-0.4, -0.2) is 23.4 Å². The van der Waals surface area contributed by atoms with Crippen molar-refractivity contribution < 1.29 is 14.3 Å². The van der Waals surface area contributed by atoms with Gasteiger partial charge in [-0.3, -0.25) is 4.79 Å². The van der Waals surface area contributed by atoms with Gasteiger partial charge in [0.05, 0.1) is 5.52 Å². The van der Waals surface area contributed by atoms with Gasteiger partial charge in [0.25, 0.3) is 0 Å². The second kappa shape index (κ2) is 6.36. The van der Waals surface area contributed by atoms with Gasteiger partial charge in [-0.2, -0.15) is 0 Å². The van der Waals surface area contributed by atoms with Gasteiger partial charge in [0.15, 0.2) is 0 Å². The number of hydrogen-bond acceptors (Lipinski definition) is 4. The van der Waals surface area contributed by atoms with Gasteiger partial charge in [0.1, 0.15) is 11.4 Å². The molecule has 2 aromatic carbocycles. The van der Waals surface area contributed by atoms with E-state index in [1.54, 1.807) is 35.2 Å². The Bertz CT molecular complexity index is 951. The van der Waals surface area contributed by atoms with Crippen molar-refractivity contribution in [3.8, 4) is 5.75 Å². The Hall–Kier alpha value is -3.21. The minimum atomic E-state index is -0.504. The Labute approximate surface area is 144 Å². The van der Waals surface area contributed by atoms with E-state index in [0.29, 0.717) is 12.2 Å². The molecule has 1 saturated heterocycles. The molecule has 25 heavy (non-hydrogen) atoms. The van der Waals surface area contributed by atoms with Crippen LogP contribution in [0, 0.1) is 0 Å². The van der Waals surface area contributed by atoms with Gasteiger partial charge in [0, 0.05) is 24.0 Å². The number of rotatable bonds is 3. The van der Waals surface area contributed by atoms with E-state index in [1.165, 1.54) is 0 Å². The van der Waals surface area contributed by atoms with Gasteiger partial charge >= 0.3 is 5.97 Å². The van der Waals surface area contributed by atoms with E-state index < -0.39 is 5.97 Å². The molecule has 0 N–H and O–H groups in total. The van der Waals surface area contributed by atoms with E-state index in [2.05, 4.69) is 4.98 Å². The number of benzene rings is 2. The van der Waals surface area contributed by atoms with Gasteiger partial charge in [-0.25, -0.2) is 9.78 Å². The maximum atomic E-state index is 12.3. The zero-order valence-corrected chi connectivity index (χ0v) is 13.5. The highest BCUT2D eigenvalue weighted by Gasteiger charge is 2.21. The fourth-order valence-corrected chi connectivity index (χ4v) is 2.95. The Morgan fingerprint density at radius 3 is 2.56 bits per heavy atom. The van der Waals surface area contributed by atoms with Gasteiger partial charge in [-0.1, -0.05) is 24.3 Å². The summed E-state index contributed by atoms with van der Waals surface area (Å²) < 4.78 is 5.39. The summed E-state index contributed by atoms with van der Waals surface area (Å²) >= 11 is 0. The maximum Gasteiger partial charge on any atom is 0.362 e. The van der Waals surface area contributed by atoms with Crippen molar-refractivity contribution in [1.29, 1.82) is 0 Å². The Kier molecular flexibility index (Phi) is 3.90. The highest BCUT2D eigenvalue weighted by molar-refractivity contribution is 5.95. The first-order chi connectivity index (χ1) is 12.2. The third-order valence-corrected chi connectivity index (χ3v) is 4.24. The number of ether oxygens (including phenoxy) is 1. The summed E-state index contributed by atoms with van der Waals surface area (Å²) in [5.41, 5.74) is 1.84. The van der Waals surface area contributed by atoms with Crippen molar-refractivity contribution in [2.24, 2.45) is 0 Å². The van der Waals surface area contributed by atoms with Crippen LogP contribution in [0.15, 0.2) is 60.7 Å². The molecule has 2 heterocycles. The fraction of sp³-hybridized carbons (Fsp3) is 0.150. The lowest BCUT2D eigenvalue weighted by Gasteiger charge is -2.15. The first-order valence-electron chi connectivity index (χ1n) is 8.19. The predicted octanol–water partition coefficient (Wildman–Crippen LogP) is 3.58. The summed E-state index contributed by atoms with van der Waals surface area (Å²) in [6.07, 6.45) is 1.47. The lowest BCUT2D eigenvalue weighted by Crippen LogP contribution is -2.23. The number of pyridine rings is 1. The van der Waals surface area contributed by atoms with Crippen molar-refractivity contribution in [3.63, 3.8) is 0 Å². The third-order valence-electron chi connectivity index (χ3n) is 4.24. The summed E-state index contributed by atoms with van der Waals surface area (Å²) in [4.78, 5) is 30.1. The summed E-state index contributed by atoms with van der Waals surface area (Å²) in [6.45, 7) is 0.735. The normalized spacial score (nSPS) is 14.1. The van der Waals surface area contributed by atoms with E-state index in [0.717, 1.165) is 29.6 Å². The zero-order valence-electron chi connectivity index (χ0n) is 13.5. The molecule has 0 spiro atoms. The highest BCUT2D eigenvalue weighted by Crippen LogP contribution is 2.24. The molecule has 5 heteroatoms. The number of aromatic nitrogens is 1. The van der Waals surface area contributed by atoms with Crippen molar-refractivity contribution in [1.82, 2.24) is 4.98 Å². The van der Waals surface area contributed by atoms with Gasteiger partial charge < -0.3 is 9.64 Å². The molecule has 0 aliphatic carbocycles. The van der Waals surface area contributed by atoms with Crippen LogP contribution in [0.1, 0.15) is 23.3 Å². The molecule has 1 fully saturated rings. The van der Waals surface area contributed by atoms with Gasteiger partial charge in [0.2, 0.25) is 5.91 Å². The minimum absolute atomic E-state index is 0.130. The fourth-order valence-electron chi connectivity index (χ4n) is 2.95. The third kappa shape index (κ3) is 3.08. The molecule has 0 unspecified atom stereocenters. The Balaban J connectivity index is 1.50. The summed E-state index contributed by atoms with van der Waals surface area (Å²) in [5, 5.41) is 0.971. The Morgan fingerprint density at radius 2 is 1.80 bits per heavy atom. The van der Waals surface area contributed by atoms with Crippen LogP contribution in [0.5, 0.6) is 5.75 Å². The van der Waals surface area contributed by atoms with Crippen LogP contribution in [0.2, 0.25) is 0 Å². The lowest BCUT2D eigenvalue weighted by molar-refractivity contribution is -0.117. The number of para-hydroxylation sites is 1. The summed E-state index contributed by atoms with van der Waals surface area (Å²) in [7, 11) is 0. The zero-order chi connectivity index (χ0) is 17.2. The van der Waals surface area contributed by atoms with Crippen molar-refractivity contribution in [3.05, 3.63) is 66.4 Å². The number of hydrogen-bond donors (Lipinski definition) is 0. The lowest BCUT2D eigenvalue weighted by atomic mass is 10.2. The monoisotopic (exact) mass is 332 g/mol. The largest absolute Gasteiger partial charge is 0.422 e. The average Bonchev–Trinajstić information content (AvgIpc) is 3.08. The second-order valence-electron chi connectivity index (χ2n) is 5.92. The predicted molar refractivity (Wildman–Crippen MR) is 94.7 cm³/mol. The molecule has 0 radical (unpaired) electrons. The van der Waals surface area contributed by atoms with E-state index in [-0.39, 0.29) is 11.6 Å². The van der Waals surface area contributed by atoms with Crippen LogP contribution in [-0.2, 0) is 4.79 Å². The molecule has 5 nitrogen and oxygen atoms in total. The molecular formula is C20H16N2O3. The second-order valence-corrected chi connectivity index (χ2v) is 5.92. The molecule has 0 bridgehead atoms. The Morgan fingerprint density at radius 1 is 1.00 bits per heavy atom. The van der Waals surface area contributed by atoms with Gasteiger partial charge in [-0.05, 0) is 42.8 Å². The smallest absolute Gasteiger partial charge is 0.362 e. The van der Waals surface area contributed by atoms with Crippen molar-refractivity contribution >= 4 is 28.5 Å². The number of carbonyl (C=O) groups is 2. The maximum absolute atomic E-state index is 12.3. The van der Waals surface area contributed by atoms with E-state index in [1.807, 2.05) is 30.3 Å². The van der Waals surface area contributed by atoms with E-state index in [4.69, 9.17) is 4.74 Å². The number of anilines is 1. The first-order valence-corrected chi connectivity index (χ1v) is 8.19. The van der Waals surface area contributed by atoms with Crippen LogP contribution in [0.25, 0.3) is 10.9 Å².